The first-order valence-electron chi connectivity index (χ1n) is 9.58. The van der Waals surface area contributed by atoms with Gasteiger partial charge in [-0.05, 0) is 44.4 Å². The number of hydrogen-bond donors (Lipinski definition) is 2. The van der Waals surface area contributed by atoms with Crippen LogP contribution in [0.25, 0.3) is 0 Å². The van der Waals surface area contributed by atoms with Crippen molar-refractivity contribution in [2.45, 2.75) is 56.0 Å². The largest absolute Gasteiger partial charge is 0.480 e. The summed E-state index contributed by atoms with van der Waals surface area (Å²) in [5.74, 6) is -0.155. The number of pyridine rings is 1. The summed E-state index contributed by atoms with van der Waals surface area (Å²) in [6, 6.07) is 3.81. The smallest absolute Gasteiger partial charge is 0.317 e. The SMILES string of the molecule is CCN(CC(=O)O)C1CC(Nc2ccc(S(=O)(=O)N3CCCCC3)cn2)C1. The van der Waals surface area contributed by atoms with Gasteiger partial charge < -0.3 is 10.4 Å². The van der Waals surface area contributed by atoms with E-state index in [2.05, 4.69) is 10.3 Å². The molecular formula is C18H28N4O4S. The van der Waals surface area contributed by atoms with Gasteiger partial charge in [0.2, 0.25) is 10.0 Å². The summed E-state index contributed by atoms with van der Waals surface area (Å²) < 4.78 is 26.8. The molecule has 3 rings (SSSR count). The molecule has 1 aliphatic carbocycles. The number of rotatable bonds is 8. The first kappa shape index (κ1) is 20.0. The Morgan fingerprint density at radius 2 is 2.00 bits per heavy atom. The van der Waals surface area contributed by atoms with Crippen LogP contribution >= 0.6 is 0 Å². The Labute approximate surface area is 160 Å². The van der Waals surface area contributed by atoms with Crippen molar-refractivity contribution in [1.82, 2.24) is 14.2 Å². The highest BCUT2D eigenvalue weighted by molar-refractivity contribution is 7.89. The monoisotopic (exact) mass is 396 g/mol. The van der Waals surface area contributed by atoms with Gasteiger partial charge in [-0.25, -0.2) is 13.4 Å². The molecule has 0 radical (unpaired) electrons. The predicted octanol–water partition coefficient (Wildman–Crippen LogP) is 1.61. The summed E-state index contributed by atoms with van der Waals surface area (Å²) >= 11 is 0. The van der Waals surface area contributed by atoms with Crippen molar-refractivity contribution in [2.75, 3.05) is 31.5 Å². The third-order valence-corrected chi connectivity index (χ3v) is 7.30. The number of carboxylic acid groups (broad SMARTS) is 1. The number of carbonyl (C=O) groups is 1. The van der Waals surface area contributed by atoms with Crippen molar-refractivity contribution in [3.8, 4) is 0 Å². The van der Waals surface area contributed by atoms with E-state index in [4.69, 9.17) is 5.11 Å². The third-order valence-electron chi connectivity index (χ3n) is 5.42. The molecule has 2 heterocycles. The first-order valence-corrected chi connectivity index (χ1v) is 11.0. The molecule has 150 valence electrons. The lowest BCUT2D eigenvalue weighted by Crippen LogP contribution is -2.51. The molecule has 27 heavy (non-hydrogen) atoms. The molecular weight excluding hydrogens is 368 g/mol. The maximum atomic E-state index is 12.6. The topological polar surface area (TPSA) is 103 Å². The van der Waals surface area contributed by atoms with Crippen LogP contribution < -0.4 is 5.32 Å². The highest BCUT2D eigenvalue weighted by atomic mass is 32.2. The summed E-state index contributed by atoms with van der Waals surface area (Å²) in [6.45, 7) is 3.90. The van der Waals surface area contributed by atoms with E-state index in [1.807, 2.05) is 11.8 Å². The normalized spacial score (nSPS) is 23.8. The molecule has 0 aromatic carbocycles. The molecule has 0 unspecified atom stereocenters. The lowest BCUT2D eigenvalue weighted by atomic mass is 9.85. The second kappa shape index (κ2) is 8.53. The van der Waals surface area contributed by atoms with Crippen LogP contribution in [0.1, 0.15) is 39.0 Å². The van der Waals surface area contributed by atoms with Gasteiger partial charge in [-0.15, -0.1) is 0 Å². The fraction of sp³-hybridized carbons (Fsp3) is 0.667. The van der Waals surface area contributed by atoms with Crippen LogP contribution in [-0.4, -0.2) is 71.9 Å². The summed E-state index contributed by atoms with van der Waals surface area (Å²) in [5.41, 5.74) is 0. The fourth-order valence-electron chi connectivity index (χ4n) is 3.76. The van der Waals surface area contributed by atoms with Crippen LogP contribution in [0.5, 0.6) is 0 Å². The average Bonchev–Trinajstić information content (AvgIpc) is 2.63. The molecule has 0 bridgehead atoms. The van der Waals surface area contributed by atoms with Gasteiger partial charge >= 0.3 is 5.97 Å². The van der Waals surface area contributed by atoms with Crippen LogP contribution in [0.2, 0.25) is 0 Å². The van der Waals surface area contributed by atoms with Crippen molar-refractivity contribution in [1.29, 1.82) is 0 Å². The van der Waals surface area contributed by atoms with E-state index in [0.717, 1.165) is 32.1 Å². The van der Waals surface area contributed by atoms with Crippen molar-refractivity contribution < 1.29 is 18.3 Å². The zero-order valence-corrected chi connectivity index (χ0v) is 16.5. The number of anilines is 1. The maximum Gasteiger partial charge on any atom is 0.317 e. The highest BCUT2D eigenvalue weighted by Crippen LogP contribution is 2.28. The minimum Gasteiger partial charge on any atom is -0.480 e. The number of sulfonamides is 1. The van der Waals surface area contributed by atoms with Gasteiger partial charge in [-0.2, -0.15) is 4.31 Å². The number of nitrogens with zero attached hydrogens (tertiary/aromatic N) is 3. The Morgan fingerprint density at radius 3 is 2.56 bits per heavy atom. The lowest BCUT2D eigenvalue weighted by Gasteiger charge is -2.42. The molecule has 2 aliphatic rings. The Kier molecular flexibility index (Phi) is 6.33. The molecule has 1 saturated heterocycles. The van der Waals surface area contributed by atoms with Crippen molar-refractivity contribution in [3.05, 3.63) is 18.3 Å². The Hall–Kier alpha value is -1.71. The average molecular weight is 397 g/mol. The van der Waals surface area contributed by atoms with Crippen LogP contribution in [0.15, 0.2) is 23.2 Å². The molecule has 0 amide bonds. The molecule has 2 N–H and O–H groups in total. The second-order valence-electron chi connectivity index (χ2n) is 7.27. The number of nitrogens with one attached hydrogen (secondary N) is 1. The minimum absolute atomic E-state index is 0.0647. The van der Waals surface area contributed by atoms with Gasteiger partial charge in [-0.3, -0.25) is 9.69 Å². The molecule has 1 aromatic rings. The zero-order chi connectivity index (χ0) is 19.4. The van der Waals surface area contributed by atoms with E-state index in [0.29, 0.717) is 25.5 Å². The third kappa shape index (κ3) is 4.77. The summed E-state index contributed by atoms with van der Waals surface area (Å²) in [4.78, 5) is 17.4. The van der Waals surface area contributed by atoms with Crippen LogP contribution in [-0.2, 0) is 14.8 Å². The molecule has 0 atom stereocenters. The quantitative estimate of drug-likeness (QED) is 0.688. The van der Waals surface area contributed by atoms with E-state index < -0.39 is 16.0 Å². The van der Waals surface area contributed by atoms with Crippen molar-refractivity contribution in [3.63, 3.8) is 0 Å². The standard InChI is InChI=1S/C18H28N4O4S/c1-2-21(13-18(23)24)15-10-14(11-15)20-17-7-6-16(12-19-17)27(25,26)22-8-4-3-5-9-22/h6-7,12,14-15H,2-5,8-11,13H2,1H3,(H,19,20)(H,23,24). The van der Waals surface area contributed by atoms with E-state index in [1.54, 1.807) is 16.4 Å². The molecule has 9 heteroatoms. The molecule has 8 nitrogen and oxygen atoms in total. The summed E-state index contributed by atoms with van der Waals surface area (Å²) in [7, 11) is -3.45. The molecule has 0 spiro atoms. The molecule has 1 aromatic heterocycles. The lowest BCUT2D eigenvalue weighted by molar-refractivity contribution is -0.139. The Balaban J connectivity index is 1.54. The van der Waals surface area contributed by atoms with Gasteiger partial charge in [0.1, 0.15) is 10.7 Å². The van der Waals surface area contributed by atoms with E-state index in [9.17, 15) is 13.2 Å². The van der Waals surface area contributed by atoms with Gasteiger partial charge in [0.25, 0.3) is 0 Å². The van der Waals surface area contributed by atoms with E-state index >= 15 is 0 Å². The number of hydrogen-bond acceptors (Lipinski definition) is 6. The van der Waals surface area contributed by atoms with Crippen LogP contribution in [0.4, 0.5) is 5.82 Å². The number of likely N-dealkylation sites (N-methyl/N-ethyl adjacent to an activating group) is 1. The fourth-order valence-corrected chi connectivity index (χ4v) is 5.22. The van der Waals surface area contributed by atoms with E-state index in [-0.39, 0.29) is 23.5 Å². The molecule has 1 saturated carbocycles. The first-order chi connectivity index (χ1) is 12.9. The highest BCUT2D eigenvalue weighted by Gasteiger charge is 2.34. The van der Waals surface area contributed by atoms with Crippen molar-refractivity contribution in [2.24, 2.45) is 0 Å². The minimum atomic E-state index is -3.45. The molecule has 1 aliphatic heterocycles. The Morgan fingerprint density at radius 1 is 1.30 bits per heavy atom. The summed E-state index contributed by atoms with van der Waals surface area (Å²) in [5, 5.41) is 12.3. The van der Waals surface area contributed by atoms with Crippen molar-refractivity contribution >= 4 is 21.8 Å². The van der Waals surface area contributed by atoms with Crippen LogP contribution in [0.3, 0.4) is 0 Å². The van der Waals surface area contributed by atoms with Gasteiger partial charge in [0, 0.05) is 31.4 Å². The molecule has 2 fully saturated rings. The summed E-state index contributed by atoms with van der Waals surface area (Å²) in [6.07, 6.45) is 6.04. The van der Waals surface area contributed by atoms with Gasteiger partial charge in [0.05, 0.1) is 6.54 Å². The number of aromatic nitrogens is 1. The second-order valence-corrected chi connectivity index (χ2v) is 9.21. The van der Waals surface area contributed by atoms with Gasteiger partial charge in [-0.1, -0.05) is 13.3 Å². The maximum absolute atomic E-state index is 12.6. The number of carboxylic acids is 1. The number of piperidine rings is 1. The van der Waals surface area contributed by atoms with Crippen LogP contribution in [0, 0.1) is 0 Å². The van der Waals surface area contributed by atoms with Gasteiger partial charge in [0.15, 0.2) is 0 Å². The zero-order valence-electron chi connectivity index (χ0n) is 15.7. The predicted molar refractivity (Wildman–Crippen MR) is 102 cm³/mol. The number of aliphatic carboxylic acids is 1. The Bertz CT molecular complexity index is 741. The van der Waals surface area contributed by atoms with E-state index in [1.165, 1.54) is 6.20 Å².